The maximum Gasteiger partial charge on any atom is 0.259 e. The number of hydrogen-bond acceptors (Lipinski definition) is 6. The third-order valence-corrected chi connectivity index (χ3v) is 7.82. The first-order valence-corrected chi connectivity index (χ1v) is 13.2. The van der Waals surface area contributed by atoms with Gasteiger partial charge in [0.05, 0.1) is 23.5 Å². The molecule has 0 aliphatic carbocycles. The lowest BCUT2D eigenvalue weighted by Gasteiger charge is -2.49. The zero-order chi connectivity index (χ0) is 28.6. The fourth-order valence-electron chi connectivity index (χ4n) is 5.52. The van der Waals surface area contributed by atoms with E-state index in [0.29, 0.717) is 29.7 Å². The van der Waals surface area contributed by atoms with Crippen LogP contribution < -0.4 is 10.5 Å². The number of anilines is 1. The largest absolute Gasteiger partial charge is 0.364 e. The number of aryl methyl sites for hydroxylation is 1. The Labute approximate surface area is 226 Å². The Morgan fingerprint density at radius 2 is 1.79 bits per heavy atom. The summed E-state index contributed by atoms with van der Waals surface area (Å²) < 4.78 is 33.0. The molecule has 1 unspecified atom stereocenters. The summed E-state index contributed by atoms with van der Waals surface area (Å²) in [5.41, 5.74) is 1.80. The van der Waals surface area contributed by atoms with Crippen molar-refractivity contribution in [3.05, 3.63) is 57.5 Å². The Morgan fingerprint density at radius 1 is 1.15 bits per heavy atom. The maximum absolute atomic E-state index is 15.0. The number of nitriles is 1. The number of carbonyl (C=O) groups is 1. The van der Waals surface area contributed by atoms with E-state index in [1.54, 1.807) is 19.3 Å². The van der Waals surface area contributed by atoms with E-state index < -0.39 is 23.1 Å². The van der Waals surface area contributed by atoms with Crippen LogP contribution in [0.15, 0.2) is 29.2 Å². The van der Waals surface area contributed by atoms with Crippen molar-refractivity contribution in [3.8, 4) is 6.07 Å². The number of fused-ring (bicyclic) bond motifs is 1. The molecule has 1 aromatic carbocycles. The van der Waals surface area contributed by atoms with Crippen LogP contribution >= 0.6 is 0 Å². The average Bonchev–Trinajstić information content (AvgIpc) is 3.33. The number of halogens is 2. The molecule has 0 saturated carbocycles. The van der Waals surface area contributed by atoms with Crippen molar-refractivity contribution >= 4 is 22.6 Å². The van der Waals surface area contributed by atoms with Crippen LogP contribution in [0.1, 0.15) is 55.6 Å². The molecule has 4 rings (SSSR count). The summed E-state index contributed by atoms with van der Waals surface area (Å²) >= 11 is 0. The predicted octanol–water partition coefficient (Wildman–Crippen LogP) is 3.68. The standard InChI is InChI=1S/C28H35F2N7O2/c1-7-19-15-37(23-13-25(38)34(6)24-16-35(10-9-31)32-27(23)24)20(8-2)14-36(19)17(3)18-11-21(29)26(22(30)12-18)28(39)33(4)5/h11-13,16-17,19-20H,7-8,10,14-15H2,1-6H3/t17?,19-,20+/m1/s1. The van der Waals surface area contributed by atoms with E-state index in [-0.39, 0.29) is 30.2 Å². The van der Waals surface area contributed by atoms with Crippen LogP contribution in [0.5, 0.6) is 0 Å². The van der Waals surface area contributed by atoms with E-state index in [1.807, 2.05) is 6.92 Å². The highest BCUT2D eigenvalue weighted by Crippen LogP contribution is 2.35. The van der Waals surface area contributed by atoms with Crippen LogP contribution in [0.3, 0.4) is 0 Å². The third-order valence-electron chi connectivity index (χ3n) is 7.82. The van der Waals surface area contributed by atoms with E-state index in [0.717, 1.165) is 23.4 Å². The molecule has 208 valence electrons. The first-order chi connectivity index (χ1) is 18.5. The smallest absolute Gasteiger partial charge is 0.259 e. The molecule has 1 fully saturated rings. The van der Waals surface area contributed by atoms with E-state index in [2.05, 4.69) is 34.8 Å². The second-order valence-corrected chi connectivity index (χ2v) is 10.4. The molecule has 2 aromatic heterocycles. The van der Waals surface area contributed by atoms with Crippen LogP contribution in [0.2, 0.25) is 0 Å². The molecule has 1 aliphatic heterocycles. The number of pyridine rings is 1. The molecule has 0 N–H and O–H groups in total. The number of amides is 1. The summed E-state index contributed by atoms with van der Waals surface area (Å²) in [5, 5.41) is 13.8. The van der Waals surface area contributed by atoms with Crippen molar-refractivity contribution in [1.29, 1.82) is 5.26 Å². The van der Waals surface area contributed by atoms with Crippen LogP contribution in [0, 0.1) is 23.0 Å². The minimum absolute atomic E-state index is 0.0101. The molecule has 0 bridgehead atoms. The number of rotatable bonds is 7. The lowest BCUT2D eigenvalue weighted by Crippen LogP contribution is -2.58. The van der Waals surface area contributed by atoms with Gasteiger partial charge in [-0.25, -0.2) is 8.78 Å². The Hall–Kier alpha value is -3.78. The second kappa shape index (κ2) is 11.1. The summed E-state index contributed by atoms with van der Waals surface area (Å²) in [6, 6.07) is 5.94. The van der Waals surface area contributed by atoms with Gasteiger partial charge in [-0.2, -0.15) is 10.4 Å². The molecule has 1 saturated heterocycles. The SMILES string of the molecule is CC[C@H]1CN(C(C)c2cc(F)c(C(=O)N(C)C)c(F)c2)[C@H](CC)CN1c1cc(=O)n(C)c2cn(CC#N)nc12. The summed E-state index contributed by atoms with van der Waals surface area (Å²) in [5.74, 6) is -2.46. The fraction of sp³-hybridized carbons (Fsp3) is 0.500. The van der Waals surface area contributed by atoms with Crippen molar-refractivity contribution < 1.29 is 13.6 Å². The first-order valence-electron chi connectivity index (χ1n) is 13.2. The van der Waals surface area contributed by atoms with E-state index in [4.69, 9.17) is 5.26 Å². The highest BCUT2D eigenvalue weighted by molar-refractivity contribution is 5.94. The lowest BCUT2D eigenvalue weighted by atomic mass is 9.95. The van der Waals surface area contributed by atoms with Crippen molar-refractivity contribution in [2.75, 3.05) is 32.1 Å². The minimum Gasteiger partial charge on any atom is -0.364 e. The molecule has 3 heterocycles. The molecule has 3 aromatic rings. The topological polar surface area (TPSA) is 90.4 Å². The zero-order valence-electron chi connectivity index (χ0n) is 23.3. The summed E-state index contributed by atoms with van der Waals surface area (Å²) in [7, 11) is 4.60. The Bertz CT molecular complexity index is 1470. The number of nitrogens with zero attached hydrogens (tertiary/aromatic N) is 7. The molecule has 1 aliphatic rings. The molecule has 3 atom stereocenters. The van der Waals surface area contributed by atoms with Crippen LogP contribution in [0.4, 0.5) is 14.5 Å². The van der Waals surface area contributed by atoms with Gasteiger partial charge < -0.3 is 14.4 Å². The molecule has 1 amide bonds. The Balaban J connectivity index is 1.70. The van der Waals surface area contributed by atoms with E-state index in [1.165, 1.54) is 35.5 Å². The second-order valence-electron chi connectivity index (χ2n) is 10.4. The Morgan fingerprint density at radius 3 is 2.36 bits per heavy atom. The monoisotopic (exact) mass is 539 g/mol. The average molecular weight is 540 g/mol. The molecule has 9 nitrogen and oxygen atoms in total. The summed E-state index contributed by atoms with van der Waals surface area (Å²) in [4.78, 5) is 30.8. The number of benzene rings is 1. The van der Waals surface area contributed by atoms with Gasteiger partial charge in [0.2, 0.25) is 0 Å². The number of hydrogen-bond donors (Lipinski definition) is 0. The van der Waals surface area contributed by atoms with Gasteiger partial charge in [0.15, 0.2) is 0 Å². The predicted molar refractivity (Wildman–Crippen MR) is 146 cm³/mol. The lowest BCUT2D eigenvalue weighted by molar-refractivity contribution is 0.0817. The van der Waals surface area contributed by atoms with Gasteiger partial charge in [-0.05, 0) is 37.5 Å². The maximum atomic E-state index is 15.0. The molecule has 0 radical (unpaired) electrons. The van der Waals surface area contributed by atoms with Crippen molar-refractivity contribution in [2.45, 2.75) is 58.3 Å². The van der Waals surface area contributed by atoms with Gasteiger partial charge in [-0.15, -0.1) is 0 Å². The van der Waals surface area contributed by atoms with Gasteiger partial charge in [0, 0.05) is 58.4 Å². The van der Waals surface area contributed by atoms with E-state index in [9.17, 15) is 18.4 Å². The van der Waals surface area contributed by atoms with Crippen molar-refractivity contribution in [3.63, 3.8) is 0 Å². The quantitative estimate of drug-likeness (QED) is 0.455. The third kappa shape index (κ3) is 5.13. The Kier molecular flexibility index (Phi) is 8.07. The normalized spacial score (nSPS) is 18.8. The van der Waals surface area contributed by atoms with Crippen LogP contribution in [-0.4, -0.2) is 69.3 Å². The van der Waals surface area contributed by atoms with E-state index >= 15 is 0 Å². The van der Waals surface area contributed by atoms with Gasteiger partial charge in [-0.3, -0.25) is 19.2 Å². The number of carbonyl (C=O) groups excluding carboxylic acids is 1. The van der Waals surface area contributed by atoms with Crippen LogP contribution in [-0.2, 0) is 13.6 Å². The molecule has 0 spiro atoms. The summed E-state index contributed by atoms with van der Waals surface area (Å²) in [6.45, 7) is 7.33. The molecule has 39 heavy (non-hydrogen) atoms. The first kappa shape index (κ1) is 28.2. The minimum atomic E-state index is -0.871. The van der Waals surface area contributed by atoms with Crippen LogP contribution in [0.25, 0.3) is 11.0 Å². The highest BCUT2D eigenvalue weighted by atomic mass is 19.1. The summed E-state index contributed by atoms with van der Waals surface area (Å²) in [6.07, 6.45) is 3.26. The van der Waals surface area contributed by atoms with Gasteiger partial charge in [0.1, 0.15) is 29.3 Å². The van der Waals surface area contributed by atoms with Gasteiger partial charge in [-0.1, -0.05) is 13.8 Å². The zero-order valence-corrected chi connectivity index (χ0v) is 23.3. The van der Waals surface area contributed by atoms with Crippen molar-refractivity contribution in [1.82, 2.24) is 24.1 Å². The molecular weight excluding hydrogens is 504 g/mol. The number of aromatic nitrogens is 3. The van der Waals surface area contributed by atoms with Gasteiger partial charge in [0.25, 0.3) is 11.5 Å². The van der Waals surface area contributed by atoms with Gasteiger partial charge >= 0.3 is 0 Å². The molecular formula is C28H35F2N7O2. The highest BCUT2D eigenvalue weighted by Gasteiger charge is 2.37. The number of piperazine rings is 1. The fourth-order valence-corrected chi connectivity index (χ4v) is 5.52. The molecule has 11 heteroatoms. The van der Waals surface area contributed by atoms with Crippen molar-refractivity contribution in [2.24, 2.45) is 7.05 Å².